The minimum atomic E-state index is -0.630. The maximum atomic E-state index is 12.0. The quantitative estimate of drug-likeness (QED) is 0.800. The second-order valence-electron chi connectivity index (χ2n) is 4.30. The van der Waals surface area contributed by atoms with Crippen LogP contribution in [-0.2, 0) is 16.1 Å². The molecule has 0 aromatic heterocycles. The number of rotatable bonds is 7. The van der Waals surface area contributed by atoms with Crippen molar-refractivity contribution in [3.05, 3.63) is 29.8 Å². The lowest BCUT2D eigenvalue weighted by Gasteiger charge is -2.22. The molecule has 0 spiro atoms. The van der Waals surface area contributed by atoms with Crippen LogP contribution in [0.15, 0.2) is 24.3 Å². The van der Waals surface area contributed by atoms with E-state index in [4.69, 9.17) is 15.2 Å². The molecule has 0 aliphatic heterocycles. The molecule has 2 N–H and O–H groups in total. The third-order valence-corrected chi connectivity index (χ3v) is 2.72. The van der Waals surface area contributed by atoms with Crippen LogP contribution in [0.2, 0.25) is 0 Å². The fourth-order valence-corrected chi connectivity index (χ4v) is 1.80. The van der Waals surface area contributed by atoms with Gasteiger partial charge in [-0.25, -0.2) is 0 Å². The topological polar surface area (TPSA) is 64.8 Å². The second-order valence-corrected chi connectivity index (χ2v) is 4.30. The van der Waals surface area contributed by atoms with Crippen LogP contribution in [0.25, 0.3) is 0 Å². The summed E-state index contributed by atoms with van der Waals surface area (Å²) < 4.78 is 10.4. The molecule has 0 radical (unpaired) electrons. The van der Waals surface area contributed by atoms with E-state index >= 15 is 0 Å². The molecule has 1 unspecified atom stereocenters. The summed E-state index contributed by atoms with van der Waals surface area (Å²) in [6.45, 7) is 3.21. The standard InChI is InChI=1S/C14H22N2O3/c1-4-19-13-8-6-5-7-11(13)9-16(2)14(17)12(15)10-18-3/h5-8,12H,4,9-10,15H2,1-3H3. The van der Waals surface area contributed by atoms with E-state index in [0.717, 1.165) is 11.3 Å². The number of methoxy groups -OCH3 is 1. The van der Waals surface area contributed by atoms with Crippen LogP contribution < -0.4 is 10.5 Å². The Morgan fingerprint density at radius 2 is 2.11 bits per heavy atom. The molecule has 5 heteroatoms. The van der Waals surface area contributed by atoms with Crippen LogP contribution in [0.5, 0.6) is 5.75 Å². The number of hydrogen-bond acceptors (Lipinski definition) is 4. The molecule has 1 amide bonds. The summed E-state index contributed by atoms with van der Waals surface area (Å²) in [5.41, 5.74) is 6.69. The van der Waals surface area contributed by atoms with Crippen LogP contribution in [0.3, 0.4) is 0 Å². The van der Waals surface area contributed by atoms with Crippen LogP contribution in [0.1, 0.15) is 12.5 Å². The van der Waals surface area contributed by atoms with E-state index in [1.54, 1.807) is 11.9 Å². The Morgan fingerprint density at radius 1 is 1.42 bits per heavy atom. The maximum Gasteiger partial charge on any atom is 0.241 e. The molecule has 0 aliphatic rings. The Kier molecular flexibility index (Phi) is 6.32. The molecule has 5 nitrogen and oxygen atoms in total. The molecular weight excluding hydrogens is 244 g/mol. The number of carbonyl (C=O) groups is 1. The van der Waals surface area contributed by atoms with Gasteiger partial charge in [0.15, 0.2) is 0 Å². The molecule has 1 aromatic rings. The second kappa shape index (κ2) is 7.76. The lowest BCUT2D eigenvalue weighted by atomic mass is 10.1. The van der Waals surface area contributed by atoms with Gasteiger partial charge in [0.05, 0.1) is 13.2 Å². The average molecular weight is 266 g/mol. The lowest BCUT2D eigenvalue weighted by Crippen LogP contribution is -2.44. The van der Waals surface area contributed by atoms with E-state index in [9.17, 15) is 4.79 Å². The summed E-state index contributed by atoms with van der Waals surface area (Å²) in [6, 6.07) is 7.04. The molecular formula is C14H22N2O3. The third-order valence-electron chi connectivity index (χ3n) is 2.72. The van der Waals surface area contributed by atoms with Crippen molar-refractivity contribution in [3.63, 3.8) is 0 Å². The van der Waals surface area contributed by atoms with Crippen molar-refractivity contribution < 1.29 is 14.3 Å². The highest BCUT2D eigenvalue weighted by Gasteiger charge is 2.18. The predicted molar refractivity (Wildman–Crippen MR) is 73.9 cm³/mol. The number of ether oxygens (including phenoxy) is 2. The minimum absolute atomic E-state index is 0.145. The third kappa shape index (κ3) is 4.54. The fourth-order valence-electron chi connectivity index (χ4n) is 1.80. The number of benzene rings is 1. The van der Waals surface area contributed by atoms with Crippen molar-refractivity contribution in [2.45, 2.75) is 19.5 Å². The summed E-state index contributed by atoms with van der Waals surface area (Å²) in [5.74, 6) is 0.651. The maximum absolute atomic E-state index is 12.0. The summed E-state index contributed by atoms with van der Waals surface area (Å²) >= 11 is 0. The number of nitrogens with two attached hydrogens (primary N) is 1. The highest BCUT2D eigenvalue weighted by atomic mass is 16.5. The molecule has 106 valence electrons. The first-order valence-corrected chi connectivity index (χ1v) is 6.30. The van der Waals surface area contributed by atoms with Gasteiger partial charge in [0.1, 0.15) is 11.8 Å². The van der Waals surface area contributed by atoms with Gasteiger partial charge in [-0.3, -0.25) is 4.79 Å². The van der Waals surface area contributed by atoms with Gasteiger partial charge in [-0.15, -0.1) is 0 Å². The zero-order valence-corrected chi connectivity index (χ0v) is 11.8. The summed E-state index contributed by atoms with van der Waals surface area (Å²) in [7, 11) is 3.25. The van der Waals surface area contributed by atoms with Gasteiger partial charge in [0, 0.05) is 26.3 Å². The van der Waals surface area contributed by atoms with Gasteiger partial charge in [-0.2, -0.15) is 0 Å². The lowest BCUT2D eigenvalue weighted by molar-refractivity contribution is -0.133. The Labute approximate surface area is 114 Å². The Balaban J connectivity index is 2.70. The van der Waals surface area contributed by atoms with Crippen molar-refractivity contribution in [2.24, 2.45) is 5.73 Å². The molecule has 0 heterocycles. The largest absolute Gasteiger partial charge is 0.494 e. The smallest absolute Gasteiger partial charge is 0.241 e. The van der Waals surface area contributed by atoms with Crippen molar-refractivity contribution in [3.8, 4) is 5.75 Å². The number of nitrogens with zero attached hydrogens (tertiary/aromatic N) is 1. The van der Waals surface area contributed by atoms with Crippen molar-refractivity contribution >= 4 is 5.91 Å². The number of carbonyl (C=O) groups excluding carboxylic acids is 1. The normalized spacial score (nSPS) is 12.0. The first-order valence-electron chi connectivity index (χ1n) is 6.30. The molecule has 0 bridgehead atoms. The monoisotopic (exact) mass is 266 g/mol. The SMILES string of the molecule is CCOc1ccccc1CN(C)C(=O)C(N)COC. The Hall–Kier alpha value is -1.59. The number of likely N-dealkylation sites (N-methyl/N-ethyl adjacent to an activating group) is 1. The van der Waals surface area contributed by atoms with Gasteiger partial charge in [-0.05, 0) is 13.0 Å². The minimum Gasteiger partial charge on any atom is -0.494 e. The molecule has 1 atom stereocenters. The average Bonchev–Trinajstić information content (AvgIpc) is 2.40. The molecule has 0 saturated carbocycles. The van der Waals surface area contributed by atoms with Gasteiger partial charge in [-0.1, -0.05) is 18.2 Å². The highest BCUT2D eigenvalue weighted by Crippen LogP contribution is 2.19. The zero-order chi connectivity index (χ0) is 14.3. The van der Waals surface area contributed by atoms with Crippen molar-refractivity contribution in [1.29, 1.82) is 0 Å². The van der Waals surface area contributed by atoms with E-state index in [2.05, 4.69) is 0 Å². The van der Waals surface area contributed by atoms with E-state index in [0.29, 0.717) is 13.2 Å². The fraction of sp³-hybridized carbons (Fsp3) is 0.500. The molecule has 1 rings (SSSR count). The van der Waals surface area contributed by atoms with Gasteiger partial charge in [0.2, 0.25) is 5.91 Å². The zero-order valence-electron chi connectivity index (χ0n) is 11.8. The van der Waals surface area contributed by atoms with Crippen molar-refractivity contribution in [2.75, 3.05) is 27.4 Å². The molecule has 0 saturated heterocycles. The van der Waals surface area contributed by atoms with Crippen LogP contribution in [0.4, 0.5) is 0 Å². The molecule has 19 heavy (non-hydrogen) atoms. The molecule has 0 aliphatic carbocycles. The van der Waals surface area contributed by atoms with E-state index in [1.807, 2.05) is 31.2 Å². The summed E-state index contributed by atoms with van der Waals surface area (Å²) in [5, 5.41) is 0. The van der Waals surface area contributed by atoms with Crippen LogP contribution in [-0.4, -0.2) is 44.2 Å². The first-order chi connectivity index (χ1) is 9.10. The molecule has 1 aromatic carbocycles. The van der Waals surface area contributed by atoms with E-state index in [1.165, 1.54) is 7.11 Å². The van der Waals surface area contributed by atoms with E-state index < -0.39 is 6.04 Å². The Bertz CT molecular complexity index is 409. The highest BCUT2D eigenvalue weighted by molar-refractivity contribution is 5.81. The predicted octanol–water partition coefficient (Wildman–Crippen LogP) is 1.02. The summed E-state index contributed by atoms with van der Waals surface area (Å²) in [6.07, 6.45) is 0. The van der Waals surface area contributed by atoms with E-state index in [-0.39, 0.29) is 12.5 Å². The first kappa shape index (κ1) is 15.5. The van der Waals surface area contributed by atoms with Gasteiger partial charge < -0.3 is 20.1 Å². The van der Waals surface area contributed by atoms with Crippen LogP contribution >= 0.6 is 0 Å². The van der Waals surface area contributed by atoms with Gasteiger partial charge in [0.25, 0.3) is 0 Å². The number of para-hydroxylation sites is 1. The number of hydrogen-bond donors (Lipinski definition) is 1. The Morgan fingerprint density at radius 3 is 2.74 bits per heavy atom. The van der Waals surface area contributed by atoms with Crippen LogP contribution in [0, 0.1) is 0 Å². The molecule has 0 fully saturated rings. The number of amides is 1. The van der Waals surface area contributed by atoms with Gasteiger partial charge >= 0.3 is 0 Å². The summed E-state index contributed by atoms with van der Waals surface area (Å²) in [4.78, 5) is 13.6. The van der Waals surface area contributed by atoms with Crippen molar-refractivity contribution in [1.82, 2.24) is 4.90 Å².